The minimum Gasteiger partial charge on any atom is -0.455 e. The number of phosphoric acid groups is 1. The Kier molecular flexibility index (Phi) is 15.4. The molecule has 0 aromatic heterocycles. The molecule has 11 atom stereocenters. The van der Waals surface area contributed by atoms with Gasteiger partial charge in [-0.3, -0.25) is 33.8 Å². The predicted molar refractivity (Wildman–Crippen MR) is 264 cm³/mol. The lowest BCUT2D eigenvalue weighted by molar-refractivity contribution is -0.346. The number of rotatable bonds is 15. The van der Waals surface area contributed by atoms with E-state index in [1.165, 1.54) is 88.4 Å². The Hall–Kier alpha value is -7.06. The molecule has 1 unspecified atom stereocenters. The molecule has 4 aliphatic rings. The van der Waals surface area contributed by atoms with Crippen LogP contribution in [-0.4, -0.2) is 116 Å². The number of phosphoric ester groups is 1. The predicted octanol–water partition coefficient (Wildman–Crippen LogP) is 5.00. The monoisotopic (exact) mass is 1070 g/mol. The molecule has 0 spiro atoms. The topological polar surface area (TPSA) is 294 Å². The van der Waals surface area contributed by atoms with Crippen LogP contribution in [0.2, 0.25) is 0 Å². The molecule has 3 aliphatic carbocycles. The lowest BCUT2D eigenvalue weighted by Crippen LogP contribution is -2.82. The van der Waals surface area contributed by atoms with E-state index in [0.29, 0.717) is 0 Å². The average Bonchev–Trinajstić information content (AvgIpc) is 3.40. The number of amides is 1. The molecule has 1 saturated heterocycles. The lowest BCUT2D eigenvalue weighted by Gasteiger charge is -2.67. The van der Waals surface area contributed by atoms with Gasteiger partial charge in [-0.25, -0.2) is 14.2 Å². The van der Waals surface area contributed by atoms with Gasteiger partial charge in [-0.05, 0) is 60.9 Å². The molecule has 5 N–H and O–H groups in total. The number of ether oxygens (including phenoxy) is 6. The zero-order valence-corrected chi connectivity index (χ0v) is 43.2. The number of benzene rings is 4. The quantitative estimate of drug-likeness (QED) is 0.0453. The second-order valence-corrected chi connectivity index (χ2v) is 21.3. The maximum absolute atomic E-state index is 15.8. The maximum Gasteiger partial charge on any atom is 0.524 e. The summed E-state index contributed by atoms with van der Waals surface area (Å²) in [5.74, 6) is -9.00. The number of fused-ring (bicyclic) bond motifs is 5. The number of para-hydroxylation sites is 1. The molecule has 76 heavy (non-hydrogen) atoms. The van der Waals surface area contributed by atoms with Gasteiger partial charge in [-0.1, -0.05) is 98.8 Å². The van der Waals surface area contributed by atoms with Gasteiger partial charge in [0.25, 0.3) is 5.91 Å². The number of nitrogens with one attached hydrogen (secondary N) is 1. The van der Waals surface area contributed by atoms with E-state index in [4.69, 9.17) is 32.9 Å². The first-order valence-electron chi connectivity index (χ1n) is 24.4. The van der Waals surface area contributed by atoms with Crippen LogP contribution in [-0.2, 0) is 63.4 Å². The van der Waals surface area contributed by atoms with Crippen molar-refractivity contribution in [2.75, 3.05) is 6.61 Å². The molecular formula is C55H58NO19P. The Morgan fingerprint density at radius 1 is 0.803 bits per heavy atom. The van der Waals surface area contributed by atoms with Crippen molar-refractivity contribution in [3.05, 3.63) is 149 Å². The van der Waals surface area contributed by atoms with Gasteiger partial charge in [0, 0.05) is 43.2 Å². The van der Waals surface area contributed by atoms with Crippen LogP contribution in [0.15, 0.2) is 126 Å². The van der Waals surface area contributed by atoms with E-state index in [0.717, 1.165) is 13.8 Å². The highest BCUT2D eigenvalue weighted by molar-refractivity contribution is 7.46. The summed E-state index contributed by atoms with van der Waals surface area (Å²) >= 11 is 0. The molecule has 1 aliphatic heterocycles. The van der Waals surface area contributed by atoms with Crippen molar-refractivity contribution < 1.29 is 91.1 Å². The number of carbonyl (C=O) groups excluding carboxylic acids is 7. The van der Waals surface area contributed by atoms with Gasteiger partial charge < -0.3 is 48.5 Å². The summed E-state index contributed by atoms with van der Waals surface area (Å²) in [5.41, 5.74) is -8.08. The number of ketones is 1. The van der Waals surface area contributed by atoms with Crippen molar-refractivity contribution in [1.82, 2.24) is 5.32 Å². The van der Waals surface area contributed by atoms with Crippen LogP contribution in [0.25, 0.3) is 0 Å². The summed E-state index contributed by atoms with van der Waals surface area (Å²) in [6.45, 7) is 7.62. The molecule has 8 rings (SSSR count). The molecule has 2 saturated carbocycles. The maximum atomic E-state index is 15.8. The van der Waals surface area contributed by atoms with E-state index in [9.17, 15) is 48.5 Å². The Bertz CT molecular complexity index is 3000. The van der Waals surface area contributed by atoms with E-state index in [-0.39, 0.29) is 52.2 Å². The highest BCUT2D eigenvalue weighted by Gasteiger charge is 2.78. The molecule has 1 heterocycles. The van der Waals surface area contributed by atoms with E-state index in [1.807, 2.05) is 0 Å². The fourth-order valence-electron chi connectivity index (χ4n) is 11.5. The zero-order valence-electron chi connectivity index (χ0n) is 42.3. The zero-order chi connectivity index (χ0) is 55.1. The number of aliphatic hydroxyl groups excluding tert-OH is 1. The Labute approximate surface area is 436 Å². The highest BCUT2D eigenvalue weighted by atomic mass is 31.2. The SMILES string of the molecule is CC(=O)O[C@H]1C(=O)[C@@]2(C)C([C@H](OC(=O)c3ccccc3)[C@]3(O)C[C@H](OC(=O)[C@H](OC(=O)Cc4ccccc4OP(=O)(O)O)[C@@H](NC(=O)c4ccccc4)c4ccccc4)C(C)=C1C3(C)C)[C@]1(OC(C)=O)CO[C@@H]1C[C@@H]2O. The van der Waals surface area contributed by atoms with Gasteiger partial charge in [0.15, 0.2) is 17.5 Å². The molecule has 402 valence electrons. The second-order valence-electron chi connectivity index (χ2n) is 20.2. The Morgan fingerprint density at radius 2 is 1.39 bits per heavy atom. The summed E-state index contributed by atoms with van der Waals surface area (Å²) in [5, 5.41) is 29.0. The summed E-state index contributed by atoms with van der Waals surface area (Å²) in [7, 11) is -5.15. The average molecular weight is 1070 g/mol. The van der Waals surface area contributed by atoms with E-state index >= 15 is 9.59 Å². The van der Waals surface area contributed by atoms with Crippen molar-refractivity contribution in [2.45, 2.75) is 115 Å². The van der Waals surface area contributed by atoms with Gasteiger partial charge in [0.05, 0.1) is 36.0 Å². The third-order valence-corrected chi connectivity index (χ3v) is 15.7. The number of hydrogen-bond acceptors (Lipinski definition) is 17. The fourth-order valence-corrected chi connectivity index (χ4v) is 11.9. The molecule has 2 bridgehead atoms. The highest BCUT2D eigenvalue weighted by Crippen LogP contribution is 2.64. The number of carbonyl (C=O) groups is 7. The first-order chi connectivity index (χ1) is 35.8. The molecule has 4 aromatic carbocycles. The number of aliphatic hydroxyl groups is 2. The minimum absolute atomic E-state index is 0.00639. The molecule has 20 nitrogen and oxygen atoms in total. The number of Topliss-reactive ketones (excluding diaryl/α,β-unsaturated/α-hetero) is 1. The molecular weight excluding hydrogens is 1010 g/mol. The van der Waals surface area contributed by atoms with Gasteiger partial charge in [-0.15, -0.1) is 0 Å². The largest absolute Gasteiger partial charge is 0.524 e. The van der Waals surface area contributed by atoms with Crippen molar-refractivity contribution in [2.24, 2.45) is 16.7 Å². The van der Waals surface area contributed by atoms with E-state index < -0.39 is 133 Å². The first-order valence-corrected chi connectivity index (χ1v) is 25.9. The van der Waals surface area contributed by atoms with Crippen molar-refractivity contribution in [3.8, 4) is 5.75 Å². The number of esters is 5. The van der Waals surface area contributed by atoms with Crippen LogP contribution in [0.5, 0.6) is 5.75 Å². The van der Waals surface area contributed by atoms with Crippen LogP contribution < -0.4 is 9.84 Å². The molecule has 21 heteroatoms. The summed E-state index contributed by atoms with van der Waals surface area (Å²) < 4.78 is 53.5. The Morgan fingerprint density at radius 3 is 1.97 bits per heavy atom. The molecule has 4 aromatic rings. The lowest BCUT2D eigenvalue weighted by atomic mass is 9.44. The smallest absolute Gasteiger partial charge is 0.455 e. The van der Waals surface area contributed by atoms with Gasteiger partial charge in [-0.2, -0.15) is 0 Å². The third kappa shape index (κ3) is 10.3. The first kappa shape index (κ1) is 55.2. The van der Waals surface area contributed by atoms with E-state index in [2.05, 4.69) is 5.32 Å². The minimum atomic E-state index is -5.15. The van der Waals surface area contributed by atoms with E-state index in [1.54, 1.807) is 54.6 Å². The fraction of sp³-hybridized carbons (Fsp3) is 0.400. The van der Waals surface area contributed by atoms with Crippen LogP contribution in [0.4, 0.5) is 0 Å². The third-order valence-electron chi connectivity index (χ3n) is 15.2. The Balaban J connectivity index is 1.30. The van der Waals surface area contributed by atoms with Crippen molar-refractivity contribution in [3.63, 3.8) is 0 Å². The molecule has 1 amide bonds. The van der Waals surface area contributed by atoms with Crippen LogP contribution in [0.1, 0.15) is 92.3 Å². The molecule has 3 fully saturated rings. The summed E-state index contributed by atoms with van der Waals surface area (Å²) in [6, 6.07) is 27.3. The summed E-state index contributed by atoms with van der Waals surface area (Å²) in [4.78, 5) is 120. The van der Waals surface area contributed by atoms with Crippen molar-refractivity contribution >= 4 is 49.4 Å². The van der Waals surface area contributed by atoms with Crippen LogP contribution in [0, 0.1) is 16.7 Å². The summed E-state index contributed by atoms with van der Waals surface area (Å²) in [6.07, 6.45) is -12.1. The second kappa shape index (κ2) is 21.2. The van der Waals surface area contributed by atoms with Gasteiger partial charge in [0.1, 0.15) is 35.7 Å². The van der Waals surface area contributed by atoms with Crippen LogP contribution in [0.3, 0.4) is 0 Å². The normalized spacial score (nSPS) is 28.2. The molecule has 0 radical (unpaired) electrons. The number of hydrogen-bond donors (Lipinski definition) is 5. The van der Waals surface area contributed by atoms with Gasteiger partial charge in [0.2, 0.25) is 6.10 Å². The van der Waals surface area contributed by atoms with Crippen molar-refractivity contribution in [1.29, 1.82) is 0 Å². The van der Waals surface area contributed by atoms with Crippen LogP contribution >= 0.6 is 7.82 Å². The standard InChI is InChI=1S/C55H58NO19P/c1-30-38(71-51(64)45(72-41(60)26-36-24-16-17-25-37(36)75-76(66,67)68)43(33-18-10-7-11-19-33)56-49(62)34-20-12-8-13-21-34)28-55(65)48(73-50(63)35-22-14-9-15-23-35)46-53(6,39(59)27-40-54(46,29-69-40)74-32(3)58)47(61)44(70-31(2)57)42(30)52(55,4)5/h7-25,38-40,43-46,48,59,65H,26-29H2,1-6H3,(H,56,62)(H2,66,67,68)/t38-,39-,40+,43-,44+,45+,46?,48-,53+,54-,55+/m0/s1. The van der Waals surface area contributed by atoms with Gasteiger partial charge >= 0.3 is 37.7 Å².